The quantitative estimate of drug-likeness (QED) is 0.683. The molecule has 0 amide bonds. The van der Waals surface area contributed by atoms with Gasteiger partial charge in [0.15, 0.2) is 11.5 Å². The molecule has 1 N–H and O–H groups in total. The van der Waals surface area contributed by atoms with Crippen LogP contribution in [0.2, 0.25) is 0 Å². The first-order chi connectivity index (χ1) is 9.79. The maximum Gasteiger partial charge on any atom is 0.423 e. The van der Waals surface area contributed by atoms with E-state index in [1.165, 1.54) is 24.3 Å². The third-order valence-corrected chi connectivity index (χ3v) is 2.56. The fraction of sp³-hybridized carbons (Fsp3) is 0.0769. The Bertz CT molecular complexity index is 685. The van der Waals surface area contributed by atoms with E-state index < -0.39 is 22.4 Å². The van der Waals surface area contributed by atoms with Crippen LogP contribution in [-0.4, -0.2) is 10.0 Å². The first-order valence-electron chi connectivity index (χ1n) is 5.60. The van der Waals surface area contributed by atoms with Gasteiger partial charge in [0.2, 0.25) is 0 Å². The first-order valence-corrected chi connectivity index (χ1v) is 5.60. The molecule has 0 radical (unpaired) electrons. The minimum atomic E-state index is -4.89. The normalized spacial score (nSPS) is 11.2. The van der Waals surface area contributed by atoms with Crippen LogP contribution in [0, 0.1) is 10.1 Å². The standard InChI is InChI=1S/C13H8F3NO4/c14-13(15,16)9-7-8(5-6-10(9)17(19)20)21-12-4-2-1-3-11(12)18/h1-7,18H. The van der Waals surface area contributed by atoms with E-state index in [0.29, 0.717) is 12.1 Å². The summed E-state index contributed by atoms with van der Waals surface area (Å²) in [6.07, 6.45) is -4.89. The molecule has 0 aliphatic heterocycles. The minimum Gasteiger partial charge on any atom is -0.504 e. The average Bonchev–Trinajstić information content (AvgIpc) is 2.40. The number of nitro benzene ring substituents is 1. The van der Waals surface area contributed by atoms with Crippen molar-refractivity contribution in [2.75, 3.05) is 0 Å². The maximum atomic E-state index is 12.8. The lowest BCUT2D eigenvalue weighted by molar-refractivity contribution is -0.388. The average molecular weight is 299 g/mol. The molecule has 0 saturated heterocycles. The zero-order valence-corrected chi connectivity index (χ0v) is 10.3. The van der Waals surface area contributed by atoms with Gasteiger partial charge in [0.1, 0.15) is 11.3 Å². The fourth-order valence-electron chi connectivity index (χ4n) is 1.64. The molecular weight excluding hydrogens is 291 g/mol. The van der Waals surface area contributed by atoms with E-state index in [0.717, 1.165) is 6.07 Å². The SMILES string of the molecule is O=[N+]([O-])c1ccc(Oc2ccccc2O)cc1C(F)(F)F. The van der Waals surface area contributed by atoms with E-state index in [4.69, 9.17) is 4.74 Å². The summed E-state index contributed by atoms with van der Waals surface area (Å²) in [6.45, 7) is 0. The molecular formula is C13H8F3NO4. The van der Waals surface area contributed by atoms with Gasteiger partial charge in [0.05, 0.1) is 4.92 Å². The highest BCUT2D eigenvalue weighted by Gasteiger charge is 2.38. The summed E-state index contributed by atoms with van der Waals surface area (Å²) in [4.78, 5) is 9.50. The number of benzene rings is 2. The molecule has 0 unspecified atom stereocenters. The number of aromatic hydroxyl groups is 1. The predicted molar refractivity (Wildman–Crippen MR) is 66.3 cm³/mol. The second-order valence-electron chi connectivity index (χ2n) is 4.00. The number of nitro groups is 1. The van der Waals surface area contributed by atoms with E-state index in [9.17, 15) is 28.4 Å². The van der Waals surface area contributed by atoms with Crippen molar-refractivity contribution in [3.05, 3.63) is 58.1 Å². The number of nitrogens with zero attached hydrogens (tertiary/aromatic N) is 1. The van der Waals surface area contributed by atoms with Crippen LogP contribution in [0.15, 0.2) is 42.5 Å². The molecule has 0 aliphatic carbocycles. The topological polar surface area (TPSA) is 72.6 Å². The Morgan fingerprint density at radius 2 is 1.81 bits per heavy atom. The number of halogens is 3. The number of phenolic OH excluding ortho intramolecular Hbond substituents is 1. The second-order valence-corrected chi connectivity index (χ2v) is 4.00. The second kappa shape index (κ2) is 5.31. The molecule has 5 nitrogen and oxygen atoms in total. The van der Waals surface area contributed by atoms with Crippen molar-refractivity contribution in [3.63, 3.8) is 0 Å². The third-order valence-electron chi connectivity index (χ3n) is 2.56. The van der Waals surface area contributed by atoms with E-state index in [1.54, 1.807) is 0 Å². The van der Waals surface area contributed by atoms with E-state index in [-0.39, 0.29) is 17.2 Å². The highest BCUT2D eigenvalue weighted by atomic mass is 19.4. The summed E-state index contributed by atoms with van der Waals surface area (Å²) in [5.41, 5.74) is -2.48. The van der Waals surface area contributed by atoms with Gasteiger partial charge in [-0.3, -0.25) is 10.1 Å². The Morgan fingerprint density at radius 1 is 1.14 bits per heavy atom. The Morgan fingerprint density at radius 3 is 2.38 bits per heavy atom. The van der Waals surface area contributed by atoms with Gasteiger partial charge in [-0.1, -0.05) is 12.1 Å². The summed E-state index contributed by atoms with van der Waals surface area (Å²) < 4.78 is 43.5. The zero-order chi connectivity index (χ0) is 15.6. The lowest BCUT2D eigenvalue weighted by Gasteiger charge is -2.11. The third kappa shape index (κ3) is 3.22. The Hall–Kier alpha value is -2.77. The van der Waals surface area contributed by atoms with E-state index >= 15 is 0 Å². The molecule has 110 valence electrons. The molecule has 0 aliphatic rings. The number of phenols is 1. The minimum absolute atomic E-state index is 0.0560. The number of para-hydroxylation sites is 2. The zero-order valence-electron chi connectivity index (χ0n) is 10.3. The van der Waals surface area contributed by atoms with Crippen LogP contribution in [0.1, 0.15) is 5.56 Å². The van der Waals surface area contributed by atoms with Gasteiger partial charge in [-0.05, 0) is 24.3 Å². The van der Waals surface area contributed by atoms with Crippen LogP contribution in [-0.2, 0) is 6.18 Å². The van der Waals surface area contributed by atoms with Gasteiger partial charge in [-0.25, -0.2) is 0 Å². The van der Waals surface area contributed by atoms with Gasteiger partial charge in [-0.15, -0.1) is 0 Å². The van der Waals surface area contributed by atoms with Crippen molar-refractivity contribution < 1.29 is 27.9 Å². The molecule has 0 bridgehead atoms. The molecule has 0 atom stereocenters. The largest absolute Gasteiger partial charge is 0.504 e. The number of hydrogen-bond acceptors (Lipinski definition) is 4. The lowest BCUT2D eigenvalue weighted by atomic mass is 10.1. The van der Waals surface area contributed by atoms with Crippen LogP contribution < -0.4 is 4.74 Å². The lowest BCUT2D eigenvalue weighted by Crippen LogP contribution is -2.09. The molecule has 0 fully saturated rings. The molecule has 0 aromatic heterocycles. The molecule has 0 heterocycles. The van der Waals surface area contributed by atoms with E-state index in [1.807, 2.05) is 0 Å². The Labute approximate surface area is 116 Å². The number of hydrogen-bond donors (Lipinski definition) is 1. The number of ether oxygens (including phenoxy) is 1. The van der Waals surface area contributed by atoms with Gasteiger partial charge < -0.3 is 9.84 Å². The fourth-order valence-corrected chi connectivity index (χ4v) is 1.64. The monoisotopic (exact) mass is 299 g/mol. The molecule has 2 aromatic carbocycles. The highest BCUT2D eigenvalue weighted by molar-refractivity contribution is 5.49. The van der Waals surface area contributed by atoms with Gasteiger partial charge in [-0.2, -0.15) is 13.2 Å². The Balaban J connectivity index is 2.43. The maximum absolute atomic E-state index is 12.8. The van der Waals surface area contributed by atoms with Crippen LogP contribution in [0.5, 0.6) is 17.2 Å². The summed E-state index contributed by atoms with van der Waals surface area (Å²) in [5, 5.41) is 20.1. The van der Waals surface area contributed by atoms with Crippen LogP contribution in [0.3, 0.4) is 0 Å². The van der Waals surface area contributed by atoms with E-state index in [2.05, 4.69) is 0 Å². The molecule has 0 spiro atoms. The summed E-state index contributed by atoms with van der Waals surface area (Å²) >= 11 is 0. The summed E-state index contributed by atoms with van der Waals surface area (Å²) in [6, 6.07) is 7.93. The van der Waals surface area contributed by atoms with Crippen molar-refractivity contribution in [3.8, 4) is 17.2 Å². The van der Waals surface area contributed by atoms with Gasteiger partial charge >= 0.3 is 6.18 Å². The predicted octanol–water partition coefficient (Wildman–Crippen LogP) is 4.11. The van der Waals surface area contributed by atoms with Crippen molar-refractivity contribution >= 4 is 5.69 Å². The molecule has 21 heavy (non-hydrogen) atoms. The van der Waals surface area contributed by atoms with Gasteiger partial charge in [0, 0.05) is 6.07 Å². The van der Waals surface area contributed by atoms with Crippen molar-refractivity contribution in [2.24, 2.45) is 0 Å². The van der Waals surface area contributed by atoms with Crippen LogP contribution in [0.25, 0.3) is 0 Å². The Kier molecular flexibility index (Phi) is 3.70. The van der Waals surface area contributed by atoms with Crippen molar-refractivity contribution in [2.45, 2.75) is 6.18 Å². The highest BCUT2D eigenvalue weighted by Crippen LogP contribution is 2.39. The number of rotatable bonds is 3. The van der Waals surface area contributed by atoms with Crippen LogP contribution in [0.4, 0.5) is 18.9 Å². The summed E-state index contributed by atoms with van der Waals surface area (Å²) in [7, 11) is 0. The molecule has 0 saturated carbocycles. The molecule has 8 heteroatoms. The molecule has 2 aromatic rings. The number of alkyl halides is 3. The smallest absolute Gasteiger partial charge is 0.423 e. The summed E-state index contributed by atoms with van der Waals surface area (Å²) in [5.74, 6) is -0.585. The van der Waals surface area contributed by atoms with Crippen molar-refractivity contribution in [1.82, 2.24) is 0 Å². The first kappa shape index (κ1) is 14.6. The molecule has 2 rings (SSSR count). The van der Waals surface area contributed by atoms with Crippen LogP contribution >= 0.6 is 0 Å². The van der Waals surface area contributed by atoms with Crippen molar-refractivity contribution in [1.29, 1.82) is 0 Å². The van der Waals surface area contributed by atoms with Gasteiger partial charge in [0.25, 0.3) is 5.69 Å².